The highest BCUT2D eigenvalue weighted by Crippen LogP contribution is 2.21. The summed E-state index contributed by atoms with van der Waals surface area (Å²) in [7, 11) is 0. The number of halogens is 1. The van der Waals surface area contributed by atoms with Crippen LogP contribution in [-0.2, 0) is 11.3 Å². The number of amides is 1. The lowest BCUT2D eigenvalue weighted by Gasteiger charge is -2.36. The first-order valence-electron chi connectivity index (χ1n) is 9.01. The fourth-order valence-electron chi connectivity index (χ4n) is 3.16. The number of furan rings is 1. The third-order valence-corrected chi connectivity index (χ3v) is 5.60. The highest BCUT2D eigenvalue weighted by molar-refractivity contribution is 7.99. The Labute approximate surface area is 166 Å². The van der Waals surface area contributed by atoms with Crippen LogP contribution in [-0.4, -0.2) is 57.5 Å². The number of anilines is 1. The fourth-order valence-corrected chi connectivity index (χ4v) is 3.98. The molecule has 0 aliphatic carbocycles. The SMILES string of the molecule is O=C(CSc1nncn1Cc1ccco1)N1CCN(c2ccccc2F)CC1. The highest BCUT2D eigenvalue weighted by atomic mass is 32.2. The van der Waals surface area contributed by atoms with Gasteiger partial charge in [0.2, 0.25) is 5.91 Å². The van der Waals surface area contributed by atoms with Crippen LogP contribution < -0.4 is 4.90 Å². The summed E-state index contributed by atoms with van der Waals surface area (Å²) in [6, 6.07) is 10.5. The van der Waals surface area contributed by atoms with Gasteiger partial charge in [0, 0.05) is 26.2 Å². The minimum absolute atomic E-state index is 0.0470. The minimum Gasteiger partial charge on any atom is -0.467 e. The summed E-state index contributed by atoms with van der Waals surface area (Å²) in [4.78, 5) is 16.4. The number of benzene rings is 1. The zero-order valence-corrected chi connectivity index (χ0v) is 16.0. The predicted octanol–water partition coefficient (Wildman–Crippen LogP) is 2.50. The maximum absolute atomic E-state index is 13.9. The number of hydrogen-bond donors (Lipinski definition) is 0. The molecule has 1 aliphatic rings. The fraction of sp³-hybridized carbons (Fsp3) is 0.316. The lowest BCUT2D eigenvalue weighted by molar-refractivity contribution is -0.128. The monoisotopic (exact) mass is 401 g/mol. The molecular formula is C19H20FN5O2S. The zero-order chi connectivity index (χ0) is 19.3. The van der Waals surface area contributed by atoms with E-state index in [4.69, 9.17) is 4.42 Å². The summed E-state index contributed by atoms with van der Waals surface area (Å²) in [5, 5.41) is 8.69. The van der Waals surface area contributed by atoms with Crippen LogP contribution in [0.3, 0.4) is 0 Å². The predicted molar refractivity (Wildman–Crippen MR) is 104 cm³/mol. The third kappa shape index (κ3) is 4.19. The van der Waals surface area contributed by atoms with Gasteiger partial charge in [-0.1, -0.05) is 23.9 Å². The van der Waals surface area contributed by atoms with E-state index in [2.05, 4.69) is 10.2 Å². The molecule has 1 saturated heterocycles. The largest absolute Gasteiger partial charge is 0.467 e. The second-order valence-corrected chi connectivity index (χ2v) is 7.37. The molecule has 0 bridgehead atoms. The van der Waals surface area contributed by atoms with Gasteiger partial charge in [-0.3, -0.25) is 4.79 Å². The zero-order valence-electron chi connectivity index (χ0n) is 15.2. The molecule has 4 rings (SSSR count). The van der Waals surface area contributed by atoms with Crippen LogP contribution in [0.1, 0.15) is 5.76 Å². The number of thioether (sulfide) groups is 1. The molecule has 7 nitrogen and oxygen atoms in total. The van der Waals surface area contributed by atoms with E-state index in [1.54, 1.807) is 24.7 Å². The van der Waals surface area contributed by atoms with Gasteiger partial charge in [-0.05, 0) is 24.3 Å². The highest BCUT2D eigenvalue weighted by Gasteiger charge is 2.23. The van der Waals surface area contributed by atoms with Gasteiger partial charge in [0.25, 0.3) is 0 Å². The maximum atomic E-state index is 13.9. The molecule has 0 N–H and O–H groups in total. The summed E-state index contributed by atoms with van der Waals surface area (Å²) < 4.78 is 21.1. The van der Waals surface area contributed by atoms with Crippen molar-refractivity contribution in [2.24, 2.45) is 0 Å². The molecule has 3 heterocycles. The van der Waals surface area contributed by atoms with Gasteiger partial charge in [-0.25, -0.2) is 4.39 Å². The van der Waals surface area contributed by atoms with Crippen LogP contribution in [0.5, 0.6) is 0 Å². The summed E-state index contributed by atoms with van der Waals surface area (Å²) in [5.74, 6) is 0.910. The quantitative estimate of drug-likeness (QED) is 0.592. The molecule has 9 heteroatoms. The van der Waals surface area contributed by atoms with Crippen molar-refractivity contribution in [1.82, 2.24) is 19.7 Å². The van der Waals surface area contributed by atoms with Gasteiger partial charge in [-0.15, -0.1) is 10.2 Å². The lowest BCUT2D eigenvalue weighted by Crippen LogP contribution is -2.49. The van der Waals surface area contributed by atoms with Crippen molar-refractivity contribution < 1.29 is 13.6 Å². The second kappa shape index (κ2) is 8.47. The Balaban J connectivity index is 1.29. The first-order valence-corrected chi connectivity index (χ1v) is 9.99. The lowest BCUT2D eigenvalue weighted by atomic mass is 10.2. The number of rotatable bonds is 6. The average molecular weight is 401 g/mol. The standard InChI is InChI=1S/C19H20FN5O2S/c20-16-5-1-2-6-17(16)23-7-9-24(10-8-23)18(26)13-28-19-22-21-14-25(19)12-15-4-3-11-27-15/h1-6,11,14H,7-10,12-13H2. The van der Waals surface area contributed by atoms with Crippen LogP contribution in [0.4, 0.5) is 10.1 Å². The molecular weight excluding hydrogens is 381 g/mol. The van der Waals surface area contributed by atoms with E-state index >= 15 is 0 Å². The van der Waals surface area contributed by atoms with E-state index in [9.17, 15) is 9.18 Å². The molecule has 0 unspecified atom stereocenters. The van der Waals surface area contributed by atoms with Crippen molar-refractivity contribution >= 4 is 23.4 Å². The van der Waals surface area contributed by atoms with Crippen LogP contribution >= 0.6 is 11.8 Å². The molecule has 1 fully saturated rings. The topological polar surface area (TPSA) is 67.4 Å². The number of carbonyl (C=O) groups excluding carboxylic acids is 1. The molecule has 1 amide bonds. The summed E-state index contributed by atoms with van der Waals surface area (Å²) in [6.07, 6.45) is 3.25. The Kier molecular flexibility index (Phi) is 5.61. The van der Waals surface area contributed by atoms with Crippen LogP contribution in [0.2, 0.25) is 0 Å². The third-order valence-electron chi connectivity index (χ3n) is 4.64. The number of aromatic nitrogens is 3. The van der Waals surface area contributed by atoms with Crippen molar-refractivity contribution in [1.29, 1.82) is 0 Å². The maximum Gasteiger partial charge on any atom is 0.233 e. The molecule has 0 saturated carbocycles. The molecule has 1 aliphatic heterocycles. The number of carbonyl (C=O) groups is 1. The summed E-state index contributed by atoms with van der Waals surface area (Å²) in [6.45, 7) is 2.91. The van der Waals surface area contributed by atoms with Crippen molar-refractivity contribution in [3.05, 3.63) is 60.6 Å². The van der Waals surface area contributed by atoms with Crippen molar-refractivity contribution in [2.75, 3.05) is 36.8 Å². The average Bonchev–Trinajstić information content (AvgIpc) is 3.39. The van der Waals surface area contributed by atoms with E-state index < -0.39 is 0 Å². The second-order valence-electron chi connectivity index (χ2n) is 6.43. The van der Waals surface area contributed by atoms with E-state index in [-0.39, 0.29) is 17.5 Å². The van der Waals surface area contributed by atoms with Crippen molar-refractivity contribution in [3.8, 4) is 0 Å². The van der Waals surface area contributed by atoms with Crippen LogP contribution in [0.15, 0.2) is 58.6 Å². The molecule has 146 valence electrons. The molecule has 28 heavy (non-hydrogen) atoms. The van der Waals surface area contributed by atoms with Gasteiger partial charge >= 0.3 is 0 Å². The molecule has 1 aromatic carbocycles. The molecule has 3 aromatic rings. The molecule has 0 atom stereocenters. The molecule has 0 spiro atoms. The van der Waals surface area contributed by atoms with Crippen molar-refractivity contribution in [2.45, 2.75) is 11.7 Å². The molecule has 0 radical (unpaired) electrons. The Bertz CT molecular complexity index is 922. The van der Waals surface area contributed by atoms with Gasteiger partial charge in [0.05, 0.1) is 24.2 Å². The van der Waals surface area contributed by atoms with Crippen LogP contribution in [0, 0.1) is 5.82 Å². The van der Waals surface area contributed by atoms with Gasteiger partial charge in [0.15, 0.2) is 5.16 Å². The number of hydrogen-bond acceptors (Lipinski definition) is 6. The summed E-state index contributed by atoms with van der Waals surface area (Å²) in [5.41, 5.74) is 0.593. The first kappa shape index (κ1) is 18.5. The van der Waals surface area contributed by atoms with Gasteiger partial charge < -0.3 is 18.8 Å². The number of nitrogens with zero attached hydrogens (tertiary/aromatic N) is 5. The van der Waals surface area contributed by atoms with Gasteiger partial charge in [-0.2, -0.15) is 0 Å². The summed E-state index contributed by atoms with van der Waals surface area (Å²) >= 11 is 1.36. The normalized spacial score (nSPS) is 14.5. The van der Waals surface area contributed by atoms with Gasteiger partial charge in [0.1, 0.15) is 17.9 Å². The van der Waals surface area contributed by atoms with Crippen LogP contribution in [0.25, 0.3) is 0 Å². The minimum atomic E-state index is -0.228. The van der Waals surface area contributed by atoms with E-state index in [1.165, 1.54) is 17.8 Å². The van der Waals surface area contributed by atoms with E-state index in [0.29, 0.717) is 43.6 Å². The number of para-hydroxylation sites is 1. The molecule has 2 aromatic heterocycles. The Morgan fingerprint density at radius 1 is 1.14 bits per heavy atom. The Hall–Kier alpha value is -2.81. The number of piperazine rings is 1. The smallest absolute Gasteiger partial charge is 0.233 e. The van der Waals surface area contributed by atoms with E-state index in [1.807, 2.05) is 32.6 Å². The van der Waals surface area contributed by atoms with E-state index in [0.717, 1.165) is 5.76 Å². The Morgan fingerprint density at radius 2 is 1.96 bits per heavy atom. The Morgan fingerprint density at radius 3 is 2.71 bits per heavy atom. The first-order chi connectivity index (χ1) is 13.7. The van der Waals surface area contributed by atoms with Crippen molar-refractivity contribution in [3.63, 3.8) is 0 Å².